The summed E-state index contributed by atoms with van der Waals surface area (Å²) in [4.78, 5) is 13.0. The van der Waals surface area contributed by atoms with Gasteiger partial charge in [0.25, 0.3) is 5.91 Å². The molecule has 0 aliphatic carbocycles. The zero-order valence-corrected chi connectivity index (χ0v) is 11.1. The summed E-state index contributed by atoms with van der Waals surface area (Å²) in [7, 11) is 0. The Hall–Kier alpha value is -1.81. The summed E-state index contributed by atoms with van der Waals surface area (Å²) in [6, 6.07) is 11.5. The number of benzene rings is 1. The Labute approximate surface area is 111 Å². The zero-order chi connectivity index (χ0) is 12.8. The van der Waals surface area contributed by atoms with Crippen LogP contribution in [0.5, 0.6) is 0 Å². The fourth-order valence-electron chi connectivity index (χ4n) is 1.63. The van der Waals surface area contributed by atoms with E-state index in [9.17, 15) is 4.79 Å². The third-order valence-electron chi connectivity index (χ3n) is 2.53. The molecule has 0 saturated carbocycles. The van der Waals surface area contributed by atoms with Crippen LogP contribution in [0.2, 0.25) is 0 Å². The molecule has 0 bridgehead atoms. The van der Waals surface area contributed by atoms with Gasteiger partial charge in [0.15, 0.2) is 0 Å². The molecule has 0 fully saturated rings. The molecule has 1 heterocycles. The Kier molecular flexibility index (Phi) is 4.36. The standard InChI is InChI=1S/C14H16N2OS/c1-2-15-12-7-5-11(6-8-12)14(17)16-10-13-4-3-9-18-13/h3-9,15H,2,10H2,1H3,(H,16,17). The van der Waals surface area contributed by atoms with Crippen LogP contribution in [-0.2, 0) is 6.54 Å². The van der Waals surface area contributed by atoms with Gasteiger partial charge in [0, 0.05) is 22.7 Å². The SMILES string of the molecule is CCNc1ccc(C(=O)NCc2cccs2)cc1. The Balaban J connectivity index is 1.92. The smallest absolute Gasteiger partial charge is 0.251 e. The third-order valence-corrected chi connectivity index (χ3v) is 3.41. The predicted octanol–water partition coefficient (Wildman–Crippen LogP) is 3.11. The van der Waals surface area contributed by atoms with Gasteiger partial charge in [0.1, 0.15) is 0 Å². The number of carbonyl (C=O) groups excluding carboxylic acids is 1. The fraction of sp³-hybridized carbons (Fsp3) is 0.214. The molecule has 2 rings (SSSR count). The zero-order valence-electron chi connectivity index (χ0n) is 10.3. The first-order valence-electron chi connectivity index (χ1n) is 5.94. The lowest BCUT2D eigenvalue weighted by molar-refractivity contribution is 0.0951. The molecule has 94 valence electrons. The van der Waals surface area contributed by atoms with E-state index in [1.807, 2.05) is 48.7 Å². The second-order valence-electron chi connectivity index (χ2n) is 3.87. The Morgan fingerprint density at radius 3 is 2.61 bits per heavy atom. The molecular weight excluding hydrogens is 244 g/mol. The number of hydrogen-bond donors (Lipinski definition) is 2. The average Bonchev–Trinajstić information content (AvgIpc) is 2.90. The number of rotatable bonds is 5. The van der Waals surface area contributed by atoms with Crippen LogP contribution >= 0.6 is 11.3 Å². The van der Waals surface area contributed by atoms with Crippen LogP contribution in [0.4, 0.5) is 5.69 Å². The van der Waals surface area contributed by atoms with Crippen molar-refractivity contribution in [3.05, 3.63) is 52.2 Å². The number of carbonyl (C=O) groups is 1. The van der Waals surface area contributed by atoms with Crippen LogP contribution in [0.25, 0.3) is 0 Å². The first-order valence-corrected chi connectivity index (χ1v) is 6.82. The van der Waals surface area contributed by atoms with E-state index in [1.165, 1.54) is 0 Å². The maximum Gasteiger partial charge on any atom is 0.251 e. The van der Waals surface area contributed by atoms with Crippen molar-refractivity contribution < 1.29 is 4.79 Å². The monoisotopic (exact) mass is 260 g/mol. The van der Waals surface area contributed by atoms with Gasteiger partial charge in [-0.15, -0.1) is 11.3 Å². The van der Waals surface area contributed by atoms with Crippen LogP contribution in [0.3, 0.4) is 0 Å². The molecule has 0 atom stereocenters. The first kappa shape index (κ1) is 12.6. The largest absolute Gasteiger partial charge is 0.385 e. The summed E-state index contributed by atoms with van der Waals surface area (Å²) < 4.78 is 0. The number of amides is 1. The summed E-state index contributed by atoms with van der Waals surface area (Å²) in [6.45, 7) is 3.51. The van der Waals surface area contributed by atoms with E-state index in [4.69, 9.17) is 0 Å². The van der Waals surface area contributed by atoms with E-state index in [0.29, 0.717) is 12.1 Å². The van der Waals surface area contributed by atoms with E-state index >= 15 is 0 Å². The van der Waals surface area contributed by atoms with Crippen LogP contribution in [0.15, 0.2) is 41.8 Å². The number of anilines is 1. The van der Waals surface area contributed by atoms with Gasteiger partial charge in [-0.25, -0.2) is 0 Å². The van der Waals surface area contributed by atoms with Gasteiger partial charge in [-0.2, -0.15) is 0 Å². The lowest BCUT2D eigenvalue weighted by Crippen LogP contribution is -2.22. The van der Waals surface area contributed by atoms with Gasteiger partial charge in [0.05, 0.1) is 6.54 Å². The van der Waals surface area contributed by atoms with E-state index in [1.54, 1.807) is 11.3 Å². The van der Waals surface area contributed by atoms with Gasteiger partial charge in [-0.05, 0) is 42.6 Å². The Morgan fingerprint density at radius 1 is 1.22 bits per heavy atom. The second-order valence-corrected chi connectivity index (χ2v) is 4.90. The van der Waals surface area contributed by atoms with Gasteiger partial charge < -0.3 is 10.6 Å². The Morgan fingerprint density at radius 2 is 2.00 bits per heavy atom. The van der Waals surface area contributed by atoms with Crippen molar-refractivity contribution in [3.63, 3.8) is 0 Å². The molecule has 1 aromatic heterocycles. The molecule has 0 radical (unpaired) electrons. The molecule has 3 nitrogen and oxygen atoms in total. The maximum atomic E-state index is 11.9. The minimum atomic E-state index is -0.0357. The topological polar surface area (TPSA) is 41.1 Å². The van der Waals surface area contributed by atoms with Gasteiger partial charge >= 0.3 is 0 Å². The average molecular weight is 260 g/mol. The van der Waals surface area contributed by atoms with Crippen LogP contribution in [0, 0.1) is 0 Å². The molecule has 2 N–H and O–H groups in total. The van der Waals surface area contributed by atoms with E-state index in [2.05, 4.69) is 10.6 Å². The van der Waals surface area contributed by atoms with Crippen LogP contribution < -0.4 is 10.6 Å². The molecule has 0 unspecified atom stereocenters. The molecule has 1 aromatic carbocycles. The maximum absolute atomic E-state index is 11.9. The van der Waals surface area contributed by atoms with Crippen molar-refractivity contribution >= 4 is 22.9 Å². The van der Waals surface area contributed by atoms with E-state index < -0.39 is 0 Å². The minimum Gasteiger partial charge on any atom is -0.385 e. The molecule has 4 heteroatoms. The summed E-state index contributed by atoms with van der Waals surface area (Å²) in [5.41, 5.74) is 1.72. The summed E-state index contributed by atoms with van der Waals surface area (Å²) in [5.74, 6) is -0.0357. The number of thiophene rings is 1. The molecular formula is C14H16N2OS. The summed E-state index contributed by atoms with van der Waals surface area (Å²) in [5, 5.41) is 8.11. The van der Waals surface area contributed by atoms with Crippen molar-refractivity contribution in [2.45, 2.75) is 13.5 Å². The van der Waals surface area contributed by atoms with Crippen molar-refractivity contribution in [1.82, 2.24) is 5.32 Å². The highest BCUT2D eigenvalue weighted by molar-refractivity contribution is 7.09. The van der Waals surface area contributed by atoms with E-state index in [-0.39, 0.29) is 5.91 Å². The van der Waals surface area contributed by atoms with Crippen molar-refractivity contribution in [2.75, 3.05) is 11.9 Å². The molecule has 0 spiro atoms. The molecule has 18 heavy (non-hydrogen) atoms. The molecule has 0 aliphatic rings. The third kappa shape index (κ3) is 3.34. The molecule has 1 amide bonds. The fourth-order valence-corrected chi connectivity index (χ4v) is 2.27. The van der Waals surface area contributed by atoms with Gasteiger partial charge in [-0.3, -0.25) is 4.79 Å². The second kappa shape index (κ2) is 6.21. The highest BCUT2D eigenvalue weighted by atomic mass is 32.1. The van der Waals surface area contributed by atoms with Crippen molar-refractivity contribution in [2.24, 2.45) is 0 Å². The van der Waals surface area contributed by atoms with Crippen molar-refractivity contribution in [1.29, 1.82) is 0 Å². The number of hydrogen-bond acceptors (Lipinski definition) is 3. The van der Waals surface area contributed by atoms with Gasteiger partial charge in [0.2, 0.25) is 0 Å². The summed E-state index contributed by atoms with van der Waals surface area (Å²) >= 11 is 1.64. The number of nitrogens with one attached hydrogen (secondary N) is 2. The normalized spacial score (nSPS) is 10.1. The highest BCUT2D eigenvalue weighted by Crippen LogP contribution is 2.10. The van der Waals surface area contributed by atoms with Crippen molar-refractivity contribution in [3.8, 4) is 0 Å². The lowest BCUT2D eigenvalue weighted by atomic mass is 10.2. The van der Waals surface area contributed by atoms with Gasteiger partial charge in [-0.1, -0.05) is 6.07 Å². The molecule has 0 aliphatic heterocycles. The van der Waals surface area contributed by atoms with Crippen LogP contribution in [0.1, 0.15) is 22.2 Å². The van der Waals surface area contributed by atoms with E-state index in [0.717, 1.165) is 17.1 Å². The summed E-state index contributed by atoms with van der Waals surface area (Å²) in [6.07, 6.45) is 0. The van der Waals surface area contributed by atoms with Crippen LogP contribution in [-0.4, -0.2) is 12.5 Å². The molecule has 0 saturated heterocycles. The Bertz CT molecular complexity index is 491. The first-order chi connectivity index (χ1) is 8.79. The predicted molar refractivity (Wildman–Crippen MR) is 76.1 cm³/mol. The molecule has 2 aromatic rings. The highest BCUT2D eigenvalue weighted by Gasteiger charge is 2.05. The quantitative estimate of drug-likeness (QED) is 0.867. The minimum absolute atomic E-state index is 0.0357. The lowest BCUT2D eigenvalue weighted by Gasteiger charge is -2.06.